The van der Waals surface area contributed by atoms with Gasteiger partial charge in [-0.15, -0.1) is 0 Å². The second-order valence-electron chi connectivity index (χ2n) is 11.3. The van der Waals surface area contributed by atoms with E-state index in [0.29, 0.717) is 25.6 Å². The van der Waals surface area contributed by atoms with Gasteiger partial charge < -0.3 is 9.47 Å². The van der Waals surface area contributed by atoms with Gasteiger partial charge in [0.25, 0.3) is 0 Å². The summed E-state index contributed by atoms with van der Waals surface area (Å²) in [5.74, 6) is 1.79. The van der Waals surface area contributed by atoms with Crippen LogP contribution in [0.2, 0.25) is 0 Å². The van der Waals surface area contributed by atoms with E-state index in [1.54, 1.807) is 0 Å². The van der Waals surface area contributed by atoms with Gasteiger partial charge in [-0.25, -0.2) is 0 Å². The van der Waals surface area contributed by atoms with Crippen LogP contribution in [0.4, 0.5) is 0 Å². The fourth-order valence-corrected chi connectivity index (χ4v) is 4.15. The zero-order chi connectivity index (χ0) is 25.6. The molecule has 0 saturated carbocycles. The van der Waals surface area contributed by atoms with E-state index in [9.17, 15) is 9.59 Å². The van der Waals surface area contributed by atoms with E-state index >= 15 is 0 Å². The molecule has 202 valence electrons. The SMILES string of the molecule is CC(C)CCCCOC(=O)CCCCCCCCCCC(C)C(C)C(=O)OCCCCC(C)C. The monoisotopic (exact) mass is 482 g/mol. The Kier molecular flexibility index (Phi) is 21.7. The molecule has 0 saturated heterocycles. The zero-order valence-corrected chi connectivity index (χ0v) is 23.7. The lowest BCUT2D eigenvalue weighted by molar-refractivity contribution is -0.150. The minimum atomic E-state index is -0.0251. The van der Waals surface area contributed by atoms with E-state index in [4.69, 9.17) is 9.47 Å². The molecule has 0 aromatic heterocycles. The van der Waals surface area contributed by atoms with Crippen LogP contribution in [-0.4, -0.2) is 25.2 Å². The molecule has 0 aliphatic heterocycles. The molecule has 4 nitrogen and oxygen atoms in total. The van der Waals surface area contributed by atoms with Gasteiger partial charge in [0.1, 0.15) is 0 Å². The maximum Gasteiger partial charge on any atom is 0.308 e. The number of unbranched alkanes of at least 4 members (excludes halogenated alkanes) is 9. The standard InChI is InChI=1S/C30H58O4/c1-25(2)19-15-17-23-33-29(31)22-14-12-10-8-7-9-11-13-21-27(5)28(6)30(32)34-24-18-16-20-26(3)4/h25-28H,7-24H2,1-6H3. The number of hydrogen-bond donors (Lipinski definition) is 0. The van der Waals surface area contributed by atoms with Crippen molar-refractivity contribution in [3.63, 3.8) is 0 Å². The molecular formula is C30H58O4. The lowest BCUT2D eigenvalue weighted by atomic mass is 9.90. The first-order chi connectivity index (χ1) is 16.2. The van der Waals surface area contributed by atoms with E-state index in [-0.39, 0.29) is 17.9 Å². The quantitative estimate of drug-likeness (QED) is 0.108. The van der Waals surface area contributed by atoms with Crippen LogP contribution < -0.4 is 0 Å². The Morgan fingerprint density at radius 1 is 0.529 bits per heavy atom. The van der Waals surface area contributed by atoms with Crippen molar-refractivity contribution < 1.29 is 19.1 Å². The van der Waals surface area contributed by atoms with Crippen LogP contribution in [0.5, 0.6) is 0 Å². The molecule has 0 aromatic carbocycles. The van der Waals surface area contributed by atoms with Gasteiger partial charge in [0.2, 0.25) is 0 Å². The van der Waals surface area contributed by atoms with Crippen LogP contribution in [0.25, 0.3) is 0 Å². The molecule has 0 spiro atoms. The molecule has 2 unspecified atom stereocenters. The van der Waals surface area contributed by atoms with Crippen molar-refractivity contribution in [2.45, 2.75) is 144 Å². The van der Waals surface area contributed by atoms with E-state index < -0.39 is 0 Å². The Labute approximate surface area is 212 Å². The Balaban J connectivity index is 3.51. The van der Waals surface area contributed by atoms with Crippen molar-refractivity contribution >= 4 is 11.9 Å². The van der Waals surface area contributed by atoms with Gasteiger partial charge >= 0.3 is 11.9 Å². The molecule has 0 bridgehead atoms. The maximum absolute atomic E-state index is 12.2. The first-order valence-electron chi connectivity index (χ1n) is 14.6. The minimum Gasteiger partial charge on any atom is -0.466 e. The lowest BCUT2D eigenvalue weighted by Crippen LogP contribution is -2.22. The highest BCUT2D eigenvalue weighted by molar-refractivity contribution is 5.72. The third-order valence-electron chi connectivity index (χ3n) is 6.87. The average molecular weight is 483 g/mol. The van der Waals surface area contributed by atoms with Crippen molar-refractivity contribution in [1.82, 2.24) is 0 Å². The van der Waals surface area contributed by atoms with Crippen LogP contribution >= 0.6 is 0 Å². The molecule has 0 heterocycles. The van der Waals surface area contributed by atoms with E-state index in [1.165, 1.54) is 51.4 Å². The molecule has 0 rings (SSSR count). The zero-order valence-electron chi connectivity index (χ0n) is 23.7. The average Bonchev–Trinajstić information content (AvgIpc) is 2.78. The summed E-state index contributed by atoms with van der Waals surface area (Å²) in [5, 5.41) is 0. The molecule has 0 amide bonds. The Morgan fingerprint density at radius 2 is 0.971 bits per heavy atom. The fourth-order valence-electron chi connectivity index (χ4n) is 4.15. The molecule has 0 aliphatic carbocycles. The lowest BCUT2D eigenvalue weighted by Gasteiger charge is -2.18. The number of carbonyl (C=O) groups is 2. The van der Waals surface area contributed by atoms with Crippen molar-refractivity contribution in [3.8, 4) is 0 Å². The fraction of sp³-hybridized carbons (Fsp3) is 0.933. The number of carbonyl (C=O) groups excluding carboxylic acids is 2. The molecule has 34 heavy (non-hydrogen) atoms. The smallest absolute Gasteiger partial charge is 0.308 e. The van der Waals surface area contributed by atoms with Gasteiger partial charge in [0.15, 0.2) is 0 Å². The first-order valence-corrected chi connectivity index (χ1v) is 14.6. The van der Waals surface area contributed by atoms with Gasteiger partial charge in [-0.2, -0.15) is 0 Å². The van der Waals surface area contributed by atoms with Gasteiger partial charge in [-0.1, -0.05) is 99.3 Å². The Bertz CT molecular complexity index is 486. The number of hydrogen-bond acceptors (Lipinski definition) is 4. The Morgan fingerprint density at radius 3 is 1.50 bits per heavy atom. The summed E-state index contributed by atoms with van der Waals surface area (Å²) in [6.07, 6.45) is 17.8. The summed E-state index contributed by atoms with van der Waals surface area (Å²) >= 11 is 0. The first kappa shape index (κ1) is 32.9. The Hall–Kier alpha value is -1.06. The summed E-state index contributed by atoms with van der Waals surface area (Å²) in [4.78, 5) is 24.0. The van der Waals surface area contributed by atoms with E-state index in [1.807, 2.05) is 6.92 Å². The molecule has 0 aliphatic rings. The summed E-state index contributed by atoms with van der Waals surface area (Å²) < 4.78 is 10.8. The van der Waals surface area contributed by atoms with Gasteiger partial charge in [-0.05, 0) is 56.3 Å². The maximum atomic E-state index is 12.2. The third kappa shape index (κ3) is 21.5. The van der Waals surface area contributed by atoms with Gasteiger partial charge in [0, 0.05) is 6.42 Å². The summed E-state index contributed by atoms with van der Waals surface area (Å²) in [5.41, 5.74) is 0. The summed E-state index contributed by atoms with van der Waals surface area (Å²) in [6, 6.07) is 0. The predicted octanol–water partition coefficient (Wildman–Crippen LogP) is 8.90. The highest BCUT2D eigenvalue weighted by Gasteiger charge is 2.21. The number of rotatable bonds is 23. The van der Waals surface area contributed by atoms with Gasteiger partial charge in [0.05, 0.1) is 19.1 Å². The molecule has 0 aromatic rings. The largest absolute Gasteiger partial charge is 0.466 e. The highest BCUT2D eigenvalue weighted by Crippen LogP contribution is 2.21. The van der Waals surface area contributed by atoms with Crippen LogP contribution in [0.3, 0.4) is 0 Å². The second-order valence-corrected chi connectivity index (χ2v) is 11.3. The molecule has 0 fully saturated rings. The molecule has 0 radical (unpaired) electrons. The molecule has 4 heteroatoms. The van der Waals surface area contributed by atoms with Crippen molar-refractivity contribution in [2.24, 2.45) is 23.7 Å². The van der Waals surface area contributed by atoms with Crippen LogP contribution in [0, 0.1) is 23.7 Å². The topological polar surface area (TPSA) is 52.6 Å². The minimum absolute atomic E-state index is 0.00294. The predicted molar refractivity (Wildman–Crippen MR) is 144 cm³/mol. The van der Waals surface area contributed by atoms with E-state index in [2.05, 4.69) is 34.6 Å². The van der Waals surface area contributed by atoms with Crippen molar-refractivity contribution in [1.29, 1.82) is 0 Å². The normalized spacial score (nSPS) is 13.3. The van der Waals surface area contributed by atoms with E-state index in [0.717, 1.165) is 56.8 Å². The van der Waals surface area contributed by atoms with Crippen LogP contribution in [0.1, 0.15) is 144 Å². The molecular weight excluding hydrogens is 424 g/mol. The van der Waals surface area contributed by atoms with Crippen LogP contribution in [0.15, 0.2) is 0 Å². The van der Waals surface area contributed by atoms with Gasteiger partial charge in [-0.3, -0.25) is 9.59 Å². The number of esters is 2. The molecule has 0 N–H and O–H groups in total. The van der Waals surface area contributed by atoms with Crippen molar-refractivity contribution in [3.05, 3.63) is 0 Å². The highest BCUT2D eigenvalue weighted by atomic mass is 16.5. The summed E-state index contributed by atoms with van der Waals surface area (Å²) in [7, 11) is 0. The number of ether oxygens (including phenoxy) is 2. The molecule has 2 atom stereocenters. The second kappa shape index (κ2) is 22.4. The van der Waals surface area contributed by atoms with Crippen molar-refractivity contribution in [2.75, 3.05) is 13.2 Å². The van der Waals surface area contributed by atoms with Crippen LogP contribution in [-0.2, 0) is 19.1 Å². The third-order valence-corrected chi connectivity index (χ3v) is 6.87. The summed E-state index contributed by atoms with van der Waals surface area (Å²) in [6.45, 7) is 14.3.